The van der Waals surface area contributed by atoms with E-state index >= 15 is 0 Å². The standard InChI is InChI=1S/C11H19N3S/c1-11(4-2-3-5-11)9(14-12)8-10-13-6-7-15-10/h6-7,9,14H,2-5,8,12H2,1H3. The molecule has 4 heteroatoms. The van der Waals surface area contributed by atoms with E-state index in [1.807, 2.05) is 11.6 Å². The van der Waals surface area contributed by atoms with Crippen LogP contribution in [0.1, 0.15) is 37.6 Å². The van der Waals surface area contributed by atoms with Gasteiger partial charge in [-0.25, -0.2) is 4.98 Å². The van der Waals surface area contributed by atoms with Crippen LogP contribution in [-0.2, 0) is 6.42 Å². The van der Waals surface area contributed by atoms with E-state index in [2.05, 4.69) is 17.3 Å². The van der Waals surface area contributed by atoms with Gasteiger partial charge in [-0.3, -0.25) is 11.3 Å². The molecule has 1 saturated carbocycles. The molecule has 1 atom stereocenters. The average molecular weight is 225 g/mol. The van der Waals surface area contributed by atoms with E-state index in [1.54, 1.807) is 11.3 Å². The second-order valence-corrected chi connectivity index (χ2v) is 5.69. The molecule has 0 bridgehead atoms. The lowest BCUT2D eigenvalue weighted by atomic mass is 9.79. The van der Waals surface area contributed by atoms with Crippen LogP contribution in [0, 0.1) is 5.41 Å². The second-order valence-electron chi connectivity index (χ2n) is 4.71. The molecule has 1 heterocycles. The maximum Gasteiger partial charge on any atom is 0.0941 e. The van der Waals surface area contributed by atoms with Gasteiger partial charge in [0.15, 0.2) is 0 Å². The third-order valence-electron chi connectivity index (χ3n) is 3.65. The van der Waals surface area contributed by atoms with Crippen LogP contribution in [0.4, 0.5) is 0 Å². The van der Waals surface area contributed by atoms with Crippen molar-refractivity contribution in [2.45, 2.75) is 45.1 Å². The zero-order chi connectivity index (χ0) is 10.7. The number of hydrogen-bond acceptors (Lipinski definition) is 4. The van der Waals surface area contributed by atoms with Gasteiger partial charge < -0.3 is 0 Å². The molecule has 1 unspecified atom stereocenters. The molecule has 1 fully saturated rings. The fraction of sp³-hybridized carbons (Fsp3) is 0.727. The van der Waals surface area contributed by atoms with Gasteiger partial charge in [-0.1, -0.05) is 19.8 Å². The minimum Gasteiger partial charge on any atom is -0.271 e. The van der Waals surface area contributed by atoms with E-state index < -0.39 is 0 Å². The van der Waals surface area contributed by atoms with Crippen molar-refractivity contribution in [3.63, 3.8) is 0 Å². The molecule has 1 aromatic heterocycles. The van der Waals surface area contributed by atoms with Crippen molar-refractivity contribution in [1.82, 2.24) is 10.4 Å². The van der Waals surface area contributed by atoms with Gasteiger partial charge in [-0.05, 0) is 18.3 Å². The van der Waals surface area contributed by atoms with Gasteiger partial charge in [0.05, 0.1) is 5.01 Å². The monoisotopic (exact) mass is 225 g/mol. The summed E-state index contributed by atoms with van der Waals surface area (Å²) in [7, 11) is 0. The molecule has 0 radical (unpaired) electrons. The van der Waals surface area contributed by atoms with E-state index in [9.17, 15) is 0 Å². The smallest absolute Gasteiger partial charge is 0.0941 e. The summed E-state index contributed by atoms with van der Waals surface area (Å²) in [5.74, 6) is 5.68. The number of nitrogens with zero attached hydrogens (tertiary/aromatic N) is 1. The number of hydrazine groups is 1. The van der Waals surface area contributed by atoms with Crippen LogP contribution in [0.5, 0.6) is 0 Å². The molecule has 1 aromatic rings. The summed E-state index contributed by atoms with van der Waals surface area (Å²) in [5.41, 5.74) is 3.35. The third kappa shape index (κ3) is 2.38. The predicted molar refractivity (Wildman–Crippen MR) is 63.5 cm³/mol. The summed E-state index contributed by atoms with van der Waals surface area (Å²) in [5, 5.41) is 3.21. The molecular weight excluding hydrogens is 206 g/mol. The van der Waals surface area contributed by atoms with Gasteiger partial charge in [0.2, 0.25) is 0 Å². The normalized spacial score (nSPS) is 21.7. The second kappa shape index (κ2) is 4.60. The van der Waals surface area contributed by atoms with Gasteiger partial charge in [0, 0.05) is 24.0 Å². The summed E-state index contributed by atoms with van der Waals surface area (Å²) in [6, 6.07) is 0.367. The Hall–Kier alpha value is -0.450. The molecule has 0 amide bonds. The molecule has 3 nitrogen and oxygen atoms in total. The summed E-state index contributed by atoms with van der Waals surface area (Å²) >= 11 is 1.72. The van der Waals surface area contributed by atoms with Crippen molar-refractivity contribution in [3.05, 3.63) is 16.6 Å². The van der Waals surface area contributed by atoms with E-state index in [0.29, 0.717) is 11.5 Å². The quantitative estimate of drug-likeness (QED) is 0.609. The van der Waals surface area contributed by atoms with Crippen LogP contribution in [0.15, 0.2) is 11.6 Å². The Labute approximate surface area is 95.1 Å². The van der Waals surface area contributed by atoms with Crippen molar-refractivity contribution in [1.29, 1.82) is 0 Å². The first-order valence-corrected chi connectivity index (χ1v) is 6.47. The summed E-state index contributed by atoms with van der Waals surface area (Å²) in [6.45, 7) is 2.35. The Morgan fingerprint density at radius 2 is 2.33 bits per heavy atom. The molecular formula is C11H19N3S. The Morgan fingerprint density at radius 3 is 2.87 bits per heavy atom. The molecule has 1 aliphatic carbocycles. The Balaban J connectivity index is 2.03. The lowest BCUT2D eigenvalue weighted by molar-refractivity contribution is 0.220. The zero-order valence-corrected chi connectivity index (χ0v) is 10.0. The van der Waals surface area contributed by atoms with E-state index in [-0.39, 0.29) is 0 Å². The lowest BCUT2D eigenvalue weighted by Crippen LogP contribution is -2.47. The van der Waals surface area contributed by atoms with Gasteiger partial charge in [-0.15, -0.1) is 11.3 Å². The average Bonchev–Trinajstić information content (AvgIpc) is 2.85. The third-order valence-corrected chi connectivity index (χ3v) is 4.45. The number of nitrogens with two attached hydrogens (primary N) is 1. The van der Waals surface area contributed by atoms with E-state index in [4.69, 9.17) is 5.84 Å². The molecule has 0 aliphatic heterocycles. The van der Waals surface area contributed by atoms with Crippen molar-refractivity contribution in [2.75, 3.05) is 0 Å². The number of thiazole rings is 1. The van der Waals surface area contributed by atoms with Crippen molar-refractivity contribution >= 4 is 11.3 Å². The Bertz CT molecular complexity index is 291. The highest BCUT2D eigenvalue weighted by Crippen LogP contribution is 2.41. The maximum atomic E-state index is 5.68. The summed E-state index contributed by atoms with van der Waals surface area (Å²) in [6.07, 6.45) is 8.08. The summed E-state index contributed by atoms with van der Waals surface area (Å²) in [4.78, 5) is 4.33. The molecule has 15 heavy (non-hydrogen) atoms. The Kier molecular flexibility index (Phi) is 3.38. The van der Waals surface area contributed by atoms with Gasteiger partial charge in [-0.2, -0.15) is 0 Å². The number of nitrogens with one attached hydrogen (secondary N) is 1. The van der Waals surface area contributed by atoms with Crippen LogP contribution in [0.3, 0.4) is 0 Å². The van der Waals surface area contributed by atoms with Gasteiger partial charge in [0.1, 0.15) is 0 Å². The molecule has 3 N–H and O–H groups in total. The minimum atomic E-state index is 0.362. The van der Waals surface area contributed by atoms with Crippen LogP contribution in [0.25, 0.3) is 0 Å². The first kappa shape index (κ1) is 11.0. The number of aromatic nitrogens is 1. The zero-order valence-electron chi connectivity index (χ0n) is 9.20. The van der Waals surface area contributed by atoms with Crippen LogP contribution >= 0.6 is 11.3 Å². The Morgan fingerprint density at radius 1 is 1.60 bits per heavy atom. The fourth-order valence-electron chi connectivity index (χ4n) is 2.57. The van der Waals surface area contributed by atoms with Crippen molar-refractivity contribution < 1.29 is 0 Å². The molecule has 0 saturated heterocycles. The summed E-state index contributed by atoms with van der Waals surface area (Å²) < 4.78 is 0. The highest BCUT2D eigenvalue weighted by Gasteiger charge is 2.36. The van der Waals surface area contributed by atoms with Crippen LogP contribution in [-0.4, -0.2) is 11.0 Å². The first-order chi connectivity index (χ1) is 7.24. The topological polar surface area (TPSA) is 50.9 Å². The predicted octanol–water partition coefficient (Wildman–Crippen LogP) is 2.10. The number of hydrogen-bond donors (Lipinski definition) is 2. The van der Waals surface area contributed by atoms with Crippen LogP contribution in [0.2, 0.25) is 0 Å². The highest BCUT2D eigenvalue weighted by atomic mass is 32.1. The van der Waals surface area contributed by atoms with E-state index in [1.165, 1.54) is 30.7 Å². The van der Waals surface area contributed by atoms with Gasteiger partial charge >= 0.3 is 0 Å². The molecule has 2 rings (SSSR count). The SMILES string of the molecule is CC1(C(Cc2nccs2)NN)CCCC1. The van der Waals surface area contributed by atoms with Crippen molar-refractivity contribution in [3.8, 4) is 0 Å². The molecule has 1 aliphatic rings. The number of rotatable bonds is 4. The molecule has 0 spiro atoms. The van der Waals surface area contributed by atoms with Crippen LogP contribution < -0.4 is 11.3 Å². The largest absolute Gasteiger partial charge is 0.271 e. The minimum absolute atomic E-state index is 0.362. The molecule has 0 aromatic carbocycles. The first-order valence-electron chi connectivity index (χ1n) is 5.59. The maximum absolute atomic E-state index is 5.68. The van der Waals surface area contributed by atoms with Crippen molar-refractivity contribution in [2.24, 2.45) is 11.3 Å². The molecule has 84 valence electrons. The van der Waals surface area contributed by atoms with Gasteiger partial charge in [0.25, 0.3) is 0 Å². The highest BCUT2D eigenvalue weighted by molar-refractivity contribution is 7.09. The van der Waals surface area contributed by atoms with E-state index in [0.717, 1.165) is 6.42 Å². The lowest BCUT2D eigenvalue weighted by Gasteiger charge is -2.33. The fourth-order valence-corrected chi connectivity index (χ4v) is 3.23.